The maximum atomic E-state index is 12.3. The second-order valence-electron chi connectivity index (χ2n) is 6.44. The fourth-order valence-corrected chi connectivity index (χ4v) is 3.82. The molecule has 5 heteroatoms. The molecule has 5 nitrogen and oxygen atoms in total. The first-order valence-corrected chi connectivity index (χ1v) is 8.06. The number of hydrogen-bond donors (Lipinski definition) is 2. The van der Waals surface area contributed by atoms with Crippen LogP contribution in [0.4, 0.5) is 4.79 Å². The second kappa shape index (κ2) is 7.45. The summed E-state index contributed by atoms with van der Waals surface area (Å²) in [6.07, 6.45) is 2.41. The van der Waals surface area contributed by atoms with E-state index < -0.39 is 0 Å². The molecule has 2 N–H and O–H groups in total. The Hall–Kier alpha value is -0.810. The number of aliphatic hydroxyl groups is 1. The Kier molecular flexibility index (Phi) is 6.47. The summed E-state index contributed by atoms with van der Waals surface area (Å²) in [4.78, 5) is 14.0. The standard InChI is InChI=1S/C16H32N2O3/c1-7-16(8-2)13(12(4)14(16)21-6)17-15(20)18(5)10-9-11(3)19/h11-14,19H,7-10H2,1-6H3,(H,17,20). The Labute approximate surface area is 129 Å². The zero-order valence-electron chi connectivity index (χ0n) is 14.3. The average molecular weight is 300 g/mol. The van der Waals surface area contributed by atoms with E-state index in [2.05, 4.69) is 26.1 Å². The molecule has 0 aliphatic heterocycles. The molecule has 0 heterocycles. The largest absolute Gasteiger partial charge is 0.393 e. The number of nitrogens with one attached hydrogen (secondary N) is 1. The molecule has 0 bridgehead atoms. The molecule has 0 aromatic carbocycles. The van der Waals surface area contributed by atoms with Crippen molar-refractivity contribution in [3.05, 3.63) is 0 Å². The molecule has 124 valence electrons. The summed E-state index contributed by atoms with van der Waals surface area (Å²) >= 11 is 0. The van der Waals surface area contributed by atoms with Crippen LogP contribution in [0.1, 0.15) is 47.0 Å². The summed E-state index contributed by atoms with van der Waals surface area (Å²) in [5.74, 6) is 0.323. The molecule has 21 heavy (non-hydrogen) atoms. The van der Waals surface area contributed by atoms with Gasteiger partial charge in [-0.25, -0.2) is 4.79 Å². The van der Waals surface area contributed by atoms with E-state index in [0.717, 1.165) is 12.8 Å². The highest BCUT2D eigenvalue weighted by Crippen LogP contribution is 2.52. The maximum Gasteiger partial charge on any atom is 0.317 e. The number of nitrogens with zero attached hydrogens (tertiary/aromatic N) is 1. The first-order chi connectivity index (χ1) is 9.83. The normalized spacial score (nSPS) is 28.6. The highest BCUT2D eigenvalue weighted by atomic mass is 16.5. The predicted molar refractivity (Wildman–Crippen MR) is 84.2 cm³/mol. The van der Waals surface area contributed by atoms with Gasteiger partial charge in [0.1, 0.15) is 0 Å². The number of rotatable bonds is 7. The van der Waals surface area contributed by atoms with Crippen molar-refractivity contribution in [3.8, 4) is 0 Å². The molecule has 1 saturated carbocycles. The topological polar surface area (TPSA) is 61.8 Å². The molecule has 0 spiro atoms. The molecular weight excluding hydrogens is 268 g/mol. The number of urea groups is 1. The highest BCUT2D eigenvalue weighted by molar-refractivity contribution is 5.74. The molecule has 0 aromatic rings. The second-order valence-corrected chi connectivity index (χ2v) is 6.44. The van der Waals surface area contributed by atoms with Crippen LogP contribution in [0.3, 0.4) is 0 Å². The number of carbonyl (C=O) groups is 1. The monoisotopic (exact) mass is 300 g/mol. The van der Waals surface area contributed by atoms with Gasteiger partial charge in [0.15, 0.2) is 0 Å². The van der Waals surface area contributed by atoms with Crippen LogP contribution >= 0.6 is 0 Å². The van der Waals surface area contributed by atoms with E-state index in [9.17, 15) is 9.90 Å². The molecule has 0 saturated heterocycles. The smallest absolute Gasteiger partial charge is 0.317 e. The summed E-state index contributed by atoms with van der Waals surface area (Å²) in [6, 6.07) is 0.0901. The lowest BCUT2D eigenvalue weighted by molar-refractivity contribution is -0.164. The third-order valence-electron chi connectivity index (χ3n) is 5.27. The number of amides is 2. The van der Waals surface area contributed by atoms with Gasteiger partial charge in [-0.2, -0.15) is 0 Å². The summed E-state index contributed by atoms with van der Waals surface area (Å²) < 4.78 is 5.65. The van der Waals surface area contributed by atoms with Gasteiger partial charge in [0, 0.05) is 38.1 Å². The Morgan fingerprint density at radius 3 is 2.43 bits per heavy atom. The third kappa shape index (κ3) is 3.51. The summed E-state index contributed by atoms with van der Waals surface area (Å²) in [7, 11) is 3.53. The van der Waals surface area contributed by atoms with Gasteiger partial charge in [-0.3, -0.25) is 0 Å². The molecule has 1 rings (SSSR count). The predicted octanol–water partition coefficient (Wildman–Crippen LogP) is 2.24. The lowest BCUT2D eigenvalue weighted by Crippen LogP contribution is -2.70. The number of carbonyl (C=O) groups excluding carboxylic acids is 1. The molecule has 2 amide bonds. The van der Waals surface area contributed by atoms with E-state index in [0.29, 0.717) is 18.9 Å². The lowest BCUT2D eigenvalue weighted by atomic mass is 9.53. The number of hydrogen-bond acceptors (Lipinski definition) is 3. The SMILES string of the molecule is CCC1(CC)C(NC(=O)N(C)CCC(C)O)C(C)C1OC. The van der Waals surface area contributed by atoms with Crippen molar-refractivity contribution in [1.82, 2.24) is 10.2 Å². The zero-order chi connectivity index (χ0) is 16.2. The molecule has 4 unspecified atom stereocenters. The molecule has 0 aromatic heterocycles. The van der Waals surface area contributed by atoms with E-state index in [1.54, 1.807) is 26.0 Å². The molecule has 1 aliphatic carbocycles. The van der Waals surface area contributed by atoms with Crippen LogP contribution in [0.15, 0.2) is 0 Å². The van der Waals surface area contributed by atoms with Gasteiger partial charge in [-0.05, 0) is 26.2 Å². The van der Waals surface area contributed by atoms with Gasteiger partial charge < -0.3 is 20.1 Å². The van der Waals surface area contributed by atoms with Crippen LogP contribution in [-0.2, 0) is 4.74 Å². The average Bonchev–Trinajstić information content (AvgIpc) is 2.46. The van der Waals surface area contributed by atoms with E-state index >= 15 is 0 Å². The van der Waals surface area contributed by atoms with Crippen molar-refractivity contribution in [1.29, 1.82) is 0 Å². The van der Waals surface area contributed by atoms with Crippen LogP contribution in [0.5, 0.6) is 0 Å². The molecular formula is C16H32N2O3. The van der Waals surface area contributed by atoms with E-state index in [1.165, 1.54) is 0 Å². The lowest BCUT2D eigenvalue weighted by Gasteiger charge is -2.59. The molecule has 1 aliphatic rings. The van der Waals surface area contributed by atoms with Gasteiger partial charge in [-0.1, -0.05) is 20.8 Å². The van der Waals surface area contributed by atoms with Crippen molar-refractivity contribution in [3.63, 3.8) is 0 Å². The Balaban J connectivity index is 2.66. The van der Waals surface area contributed by atoms with Crippen molar-refractivity contribution >= 4 is 6.03 Å². The minimum absolute atomic E-state index is 0.0366. The number of aliphatic hydroxyl groups excluding tert-OH is 1. The molecule has 0 radical (unpaired) electrons. The van der Waals surface area contributed by atoms with E-state index in [-0.39, 0.29) is 29.7 Å². The van der Waals surface area contributed by atoms with Gasteiger partial charge in [-0.15, -0.1) is 0 Å². The van der Waals surface area contributed by atoms with Crippen LogP contribution in [0.25, 0.3) is 0 Å². The Morgan fingerprint density at radius 1 is 1.43 bits per heavy atom. The Bertz CT molecular complexity index is 342. The quantitative estimate of drug-likeness (QED) is 0.758. The van der Waals surface area contributed by atoms with Crippen molar-refractivity contribution in [2.75, 3.05) is 20.7 Å². The maximum absolute atomic E-state index is 12.3. The molecule has 1 fully saturated rings. The third-order valence-corrected chi connectivity index (χ3v) is 5.27. The first-order valence-electron chi connectivity index (χ1n) is 8.06. The number of ether oxygens (including phenoxy) is 1. The van der Waals surface area contributed by atoms with Crippen LogP contribution < -0.4 is 5.32 Å². The summed E-state index contributed by atoms with van der Waals surface area (Å²) in [5.41, 5.74) is 0.0366. The van der Waals surface area contributed by atoms with Gasteiger partial charge in [0.25, 0.3) is 0 Å². The zero-order valence-corrected chi connectivity index (χ0v) is 14.3. The molecule has 4 atom stereocenters. The minimum atomic E-state index is -0.383. The summed E-state index contributed by atoms with van der Waals surface area (Å²) in [5, 5.41) is 12.5. The van der Waals surface area contributed by atoms with Crippen LogP contribution in [-0.4, -0.2) is 55.0 Å². The van der Waals surface area contributed by atoms with Gasteiger partial charge >= 0.3 is 6.03 Å². The first kappa shape index (κ1) is 18.2. The fourth-order valence-electron chi connectivity index (χ4n) is 3.82. The Morgan fingerprint density at radius 2 is 2.00 bits per heavy atom. The van der Waals surface area contributed by atoms with Crippen molar-refractivity contribution in [2.45, 2.75) is 65.2 Å². The minimum Gasteiger partial charge on any atom is -0.393 e. The highest BCUT2D eigenvalue weighted by Gasteiger charge is 2.59. The number of methoxy groups -OCH3 is 1. The van der Waals surface area contributed by atoms with E-state index in [1.807, 2.05) is 0 Å². The van der Waals surface area contributed by atoms with Gasteiger partial charge in [0.2, 0.25) is 0 Å². The van der Waals surface area contributed by atoms with Crippen molar-refractivity contribution < 1.29 is 14.6 Å². The van der Waals surface area contributed by atoms with E-state index in [4.69, 9.17) is 4.74 Å². The van der Waals surface area contributed by atoms with Crippen LogP contribution in [0, 0.1) is 11.3 Å². The van der Waals surface area contributed by atoms with Gasteiger partial charge in [0.05, 0.1) is 12.2 Å². The fraction of sp³-hybridized carbons (Fsp3) is 0.938. The summed E-state index contributed by atoms with van der Waals surface area (Å²) in [6.45, 7) is 8.76. The van der Waals surface area contributed by atoms with Crippen LogP contribution in [0.2, 0.25) is 0 Å². The van der Waals surface area contributed by atoms with Crippen molar-refractivity contribution in [2.24, 2.45) is 11.3 Å².